The molecule has 1 heterocycles. The highest BCUT2D eigenvalue weighted by atomic mass is 19.1. The molecule has 7 nitrogen and oxygen atoms in total. The summed E-state index contributed by atoms with van der Waals surface area (Å²) in [5, 5.41) is 18.1. The van der Waals surface area contributed by atoms with Gasteiger partial charge in [-0.25, -0.2) is 8.78 Å². The molecule has 0 radical (unpaired) electrons. The van der Waals surface area contributed by atoms with Crippen molar-refractivity contribution in [3.63, 3.8) is 0 Å². The highest BCUT2D eigenvalue weighted by molar-refractivity contribution is 6.04. The van der Waals surface area contributed by atoms with E-state index in [4.69, 9.17) is 14.3 Å². The van der Waals surface area contributed by atoms with Crippen LogP contribution in [0.15, 0.2) is 34.7 Å². The molecule has 0 aliphatic heterocycles. The summed E-state index contributed by atoms with van der Waals surface area (Å²) in [5.41, 5.74) is -0.585. The van der Waals surface area contributed by atoms with E-state index in [0.29, 0.717) is 11.8 Å². The number of furan rings is 1. The quantitative estimate of drug-likeness (QED) is 0.389. The molecular weight excluding hydrogens is 376 g/mol. The molecule has 28 heavy (non-hydrogen) atoms. The lowest BCUT2D eigenvalue weighted by molar-refractivity contribution is -0.386. The third-order valence-corrected chi connectivity index (χ3v) is 3.67. The lowest BCUT2D eigenvalue weighted by Gasteiger charge is -2.11. The number of aldehydes is 1. The van der Waals surface area contributed by atoms with Crippen LogP contribution >= 0.6 is 0 Å². The van der Waals surface area contributed by atoms with Gasteiger partial charge in [-0.05, 0) is 38.1 Å². The maximum atomic E-state index is 15.0. The van der Waals surface area contributed by atoms with E-state index in [1.165, 1.54) is 12.1 Å². The second-order valence-electron chi connectivity index (χ2n) is 5.81. The van der Waals surface area contributed by atoms with E-state index in [1.54, 1.807) is 13.8 Å². The molecule has 3 rings (SSSR count). The van der Waals surface area contributed by atoms with Crippen molar-refractivity contribution < 1.29 is 32.8 Å². The Kier molecular flexibility index (Phi) is 6.42. The minimum Gasteiger partial charge on any atom is -0.482 e. The molecule has 0 unspecified atom stereocenters. The molecule has 0 atom stereocenters. The monoisotopic (exact) mass is 393 g/mol. The molecule has 9 heteroatoms. The van der Waals surface area contributed by atoms with Crippen LogP contribution in [0.2, 0.25) is 0 Å². The fourth-order valence-corrected chi connectivity index (χ4v) is 2.62. The summed E-state index contributed by atoms with van der Waals surface area (Å²) in [7, 11) is 1.00. The summed E-state index contributed by atoms with van der Waals surface area (Å²) in [6, 6.07) is 6.04. The van der Waals surface area contributed by atoms with Crippen molar-refractivity contribution in [3.8, 4) is 17.1 Å². The maximum absolute atomic E-state index is 15.0. The fourth-order valence-electron chi connectivity index (χ4n) is 2.62. The zero-order chi connectivity index (χ0) is 21.0. The Morgan fingerprint density at radius 2 is 1.82 bits per heavy atom. The highest BCUT2D eigenvalue weighted by Crippen LogP contribution is 2.42. The third kappa shape index (κ3) is 3.84. The first-order chi connectivity index (χ1) is 13.3. The van der Waals surface area contributed by atoms with Gasteiger partial charge < -0.3 is 14.3 Å². The zero-order valence-electron chi connectivity index (χ0n) is 15.2. The Hall–Kier alpha value is -3.33. The number of hydrogen-bond acceptors (Lipinski definition) is 6. The Morgan fingerprint density at radius 1 is 1.21 bits per heavy atom. The van der Waals surface area contributed by atoms with E-state index in [-0.39, 0.29) is 22.3 Å². The number of nitro benzene ring substituents is 1. The molecule has 3 aromatic rings. The SMILES string of the molecule is CC(C)Oc1c([N+](=O)[O-])cc2oc(-c3ccc(F)cc3)c(C=O)c2c1F.CO. The molecule has 0 saturated carbocycles. The number of halogens is 2. The van der Waals surface area contributed by atoms with Crippen molar-refractivity contribution in [1.29, 1.82) is 0 Å². The number of benzene rings is 2. The van der Waals surface area contributed by atoms with Gasteiger partial charge in [0, 0.05) is 12.7 Å². The summed E-state index contributed by atoms with van der Waals surface area (Å²) in [4.78, 5) is 22.1. The van der Waals surface area contributed by atoms with Crippen LogP contribution in [0.25, 0.3) is 22.3 Å². The molecule has 1 aromatic heterocycles. The Morgan fingerprint density at radius 3 is 2.32 bits per heavy atom. The Balaban J connectivity index is 0.00000136. The van der Waals surface area contributed by atoms with Crippen LogP contribution in [-0.4, -0.2) is 29.5 Å². The predicted octanol–water partition coefficient (Wildman–Crippen LogP) is 4.49. The van der Waals surface area contributed by atoms with Crippen LogP contribution in [0, 0.1) is 21.7 Å². The maximum Gasteiger partial charge on any atom is 0.317 e. The van der Waals surface area contributed by atoms with Crippen molar-refractivity contribution >= 4 is 22.9 Å². The molecule has 0 bridgehead atoms. The number of aliphatic hydroxyl groups is 1. The number of ether oxygens (including phenoxy) is 1. The minimum absolute atomic E-state index is 0.00936. The van der Waals surface area contributed by atoms with Gasteiger partial charge in [0.2, 0.25) is 5.75 Å². The summed E-state index contributed by atoms with van der Waals surface area (Å²) < 4.78 is 38.8. The van der Waals surface area contributed by atoms with E-state index in [2.05, 4.69) is 0 Å². The first kappa shape index (κ1) is 21.0. The third-order valence-electron chi connectivity index (χ3n) is 3.67. The van der Waals surface area contributed by atoms with Gasteiger partial charge in [0.25, 0.3) is 0 Å². The summed E-state index contributed by atoms with van der Waals surface area (Å²) in [5.74, 6) is -2.12. The number of carbonyl (C=O) groups excluding carboxylic acids is 1. The van der Waals surface area contributed by atoms with Gasteiger partial charge in [-0.3, -0.25) is 14.9 Å². The number of carbonyl (C=O) groups is 1. The van der Waals surface area contributed by atoms with E-state index < -0.39 is 34.1 Å². The van der Waals surface area contributed by atoms with E-state index in [0.717, 1.165) is 25.3 Å². The predicted molar refractivity (Wildman–Crippen MR) is 97.5 cm³/mol. The van der Waals surface area contributed by atoms with Crippen LogP contribution in [0.3, 0.4) is 0 Å². The normalized spacial score (nSPS) is 10.5. The van der Waals surface area contributed by atoms with Crippen molar-refractivity contribution in [1.82, 2.24) is 0 Å². The van der Waals surface area contributed by atoms with Gasteiger partial charge in [0.15, 0.2) is 12.1 Å². The number of aliphatic hydroxyl groups excluding tert-OH is 1. The molecule has 0 amide bonds. The van der Waals surface area contributed by atoms with E-state index in [9.17, 15) is 23.7 Å². The number of hydrogen-bond donors (Lipinski definition) is 1. The first-order valence-corrected chi connectivity index (χ1v) is 8.09. The van der Waals surface area contributed by atoms with Gasteiger partial charge in [-0.2, -0.15) is 0 Å². The Bertz CT molecular complexity index is 1010. The average Bonchev–Trinajstić information content (AvgIpc) is 3.04. The van der Waals surface area contributed by atoms with Crippen LogP contribution < -0.4 is 4.74 Å². The molecule has 0 saturated heterocycles. The van der Waals surface area contributed by atoms with Gasteiger partial charge in [0.1, 0.15) is 17.2 Å². The second kappa shape index (κ2) is 8.57. The van der Waals surface area contributed by atoms with Crippen LogP contribution in [0.4, 0.5) is 14.5 Å². The molecule has 2 aromatic carbocycles. The smallest absolute Gasteiger partial charge is 0.317 e. The zero-order valence-corrected chi connectivity index (χ0v) is 15.2. The van der Waals surface area contributed by atoms with Crippen LogP contribution in [0.5, 0.6) is 5.75 Å². The fraction of sp³-hybridized carbons (Fsp3) is 0.211. The second-order valence-corrected chi connectivity index (χ2v) is 5.81. The number of rotatable bonds is 5. The summed E-state index contributed by atoms with van der Waals surface area (Å²) >= 11 is 0. The largest absolute Gasteiger partial charge is 0.482 e. The number of nitrogens with zero attached hydrogens (tertiary/aromatic N) is 1. The topological polar surface area (TPSA) is 103 Å². The average molecular weight is 393 g/mol. The lowest BCUT2D eigenvalue weighted by Crippen LogP contribution is -2.09. The van der Waals surface area contributed by atoms with Crippen molar-refractivity contribution in [2.24, 2.45) is 0 Å². The summed E-state index contributed by atoms with van der Waals surface area (Å²) in [6.45, 7) is 3.18. The van der Waals surface area contributed by atoms with Crippen molar-refractivity contribution in [2.75, 3.05) is 7.11 Å². The molecule has 148 valence electrons. The molecule has 0 fully saturated rings. The minimum atomic E-state index is -1.05. The first-order valence-electron chi connectivity index (χ1n) is 8.09. The van der Waals surface area contributed by atoms with Crippen LogP contribution in [-0.2, 0) is 0 Å². The van der Waals surface area contributed by atoms with E-state index in [1.807, 2.05) is 0 Å². The number of nitro groups is 1. The number of fused-ring (bicyclic) bond motifs is 1. The molecular formula is C19H17F2NO6. The van der Waals surface area contributed by atoms with Gasteiger partial charge >= 0.3 is 5.69 Å². The van der Waals surface area contributed by atoms with Crippen LogP contribution in [0.1, 0.15) is 24.2 Å². The summed E-state index contributed by atoms with van der Waals surface area (Å²) in [6.07, 6.45) is -0.137. The Labute approximate surface area is 158 Å². The molecule has 0 spiro atoms. The molecule has 1 N–H and O–H groups in total. The van der Waals surface area contributed by atoms with Crippen molar-refractivity contribution in [3.05, 3.63) is 57.6 Å². The molecule has 0 aliphatic rings. The van der Waals surface area contributed by atoms with Gasteiger partial charge in [-0.15, -0.1) is 0 Å². The lowest BCUT2D eigenvalue weighted by atomic mass is 10.1. The highest BCUT2D eigenvalue weighted by Gasteiger charge is 2.29. The van der Waals surface area contributed by atoms with Crippen molar-refractivity contribution in [2.45, 2.75) is 20.0 Å². The standard InChI is InChI=1S/C18H13F2NO5.CH4O/c1-9(2)25-18-13(21(23)24)7-14-15(16(18)20)12(8-22)17(26-14)10-3-5-11(19)6-4-10;1-2/h3-9H,1-2H3;2H,1H3. The van der Waals surface area contributed by atoms with Gasteiger partial charge in [-0.1, -0.05) is 0 Å². The van der Waals surface area contributed by atoms with E-state index >= 15 is 0 Å². The molecule has 0 aliphatic carbocycles. The van der Waals surface area contributed by atoms with Gasteiger partial charge in [0.05, 0.1) is 28.0 Å².